The quantitative estimate of drug-likeness (QED) is 0.817. The molecule has 2 aliphatic heterocycles. The monoisotopic (exact) mass is 253 g/mol. The lowest BCUT2D eigenvalue weighted by molar-refractivity contribution is 0.479. The van der Waals surface area contributed by atoms with E-state index >= 15 is 0 Å². The summed E-state index contributed by atoms with van der Waals surface area (Å²) in [4.78, 5) is 6.94. The van der Waals surface area contributed by atoms with Crippen molar-refractivity contribution in [3.05, 3.63) is 5.82 Å². The van der Waals surface area contributed by atoms with Gasteiger partial charge in [0.25, 0.3) is 0 Å². The van der Waals surface area contributed by atoms with Gasteiger partial charge < -0.3 is 10.2 Å². The van der Waals surface area contributed by atoms with Gasteiger partial charge in [0.2, 0.25) is 5.95 Å². The second-order valence-corrected chi connectivity index (χ2v) is 6.03. The van der Waals surface area contributed by atoms with Crippen LogP contribution in [0.4, 0.5) is 5.95 Å². The summed E-state index contributed by atoms with van der Waals surface area (Å²) < 4.78 is 0. The third kappa shape index (κ3) is 2.42. The van der Waals surface area contributed by atoms with Crippen LogP contribution in [-0.4, -0.2) is 52.4 Å². The molecule has 0 aromatic carbocycles. The molecule has 2 N–H and O–H groups in total. The minimum Gasteiger partial charge on any atom is -0.337 e. The molecule has 0 spiro atoms. The minimum absolute atomic E-state index is 0.521. The zero-order valence-corrected chi connectivity index (χ0v) is 11.0. The minimum atomic E-state index is 0.521. The highest BCUT2D eigenvalue weighted by Crippen LogP contribution is 2.30. The fraction of sp³-hybridized carbons (Fsp3) is 0.818. The largest absolute Gasteiger partial charge is 0.337 e. The van der Waals surface area contributed by atoms with Gasteiger partial charge >= 0.3 is 0 Å². The molecular formula is C11H19N5S. The highest BCUT2D eigenvalue weighted by Gasteiger charge is 2.24. The van der Waals surface area contributed by atoms with Crippen molar-refractivity contribution in [3.63, 3.8) is 0 Å². The van der Waals surface area contributed by atoms with Crippen molar-refractivity contribution in [1.82, 2.24) is 20.5 Å². The Labute approximate surface area is 106 Å². The molecule has 2 aliphatic rings. The van der Waals surface area contributed by atoms with Gasteiger partial charge in [-0.15, -0.1) is 5.10 Å². The average Bonchev–Trinajstić information content (AvgIpc) is 3.00. The van der Waals surface area contributed by atoms with E-state index < -0.39 is 0 Å². The molecule has 0 radical (unpaired) electrons. The van der Waals surface area contributed by atoms with E-state index in [1.807, 2.05) is 11.8 Å². The highest BCUT2D eigenvalue weighted by atomic mass is 32.2. The van der Waals surface area contributed by atoms with Crippen LogP contribution >= 0.6 is 11.8 Å². The van der Waals surface area contributed by atoms with Crippen LogP contribution < -0.4 is 10.2 Å². The SMILES string of the molecule is CC1CN(c2n[nH]c(C3CCSC3)n2)CCN1. The number of H-pyrrole nitrogens is 1. The molecule has 3 rings (SSSR count). The summed E-state index contributed by atoms with van der Waals surface area (Å²) in [5, 5.41) is 10.9. The summed E-state index contributed by atoms with van der Waals surface area (Å²) in [5.41, 5.74) is 0. The Balaban J connectivity index is 1.70. The second kappa shape index (κ2) is 4.86. The summed E-state index contributed by atoms with van der Waals surface area (Å²) >= 11 is 2.01. The summed E-state index contributed by atoms with van der Waals surface area (Å²) in [6, 6.07) is 0.521. The Morgan fingerprint density at radius 3 is 3.18 bits per heavy atom. The van der Waals surface area contributed by atoms with Crippen molar-refractivity contribution in [2.24, 2.45) is 0 Å². The van der Waals surface area contributed by atoms with E-state index in [4.69, 9.17) is 0 Å². The van der Waals surface area contributed by atoms with Gasteiger partial charge in [-0.05, 0) is 19.1 Å². The van der Waals surface area contributed by atoms with E-state index in [9.17, 15) is 0 Å². The van der Waals surface area contributed by atoms with Crippen LogP contribution in [0.1, 0.15) is 25.1 Å². The number of hydrogen-bond donors (Lipinski definition) is 2. The Morgan fingerprint density at radius 1 is 1.47 bits per heavy atom. The molecule has 2 atom stereocenters. The smallest absolute Gasteiger partial charge is 0.244 e. The first kappa shape index (κ1) is 11.3. The molecule has 1 aromatic heterocycles. The predicted octanol–water partition coefficient (Wildman–Crippen LogP) is 0.823. The molecule has 0 saturated carbocycles. The molecule has 5 nitrogen and oxygen atoms in total. The number of anilines is 1. The van der Waals surface area contributed by atoms with Crippen LogP contribution in [0.5, 0.6) is 0 Å². The van der Waals surface area contributed by atoms with Crippen LogP contribution in [0.15, 0.2) is 0 Å². The maximum absolute atomic E-state index is 4.67. The first-order valence-electron chi connectivity index (χ1n) is 6.31. The molecule has 2 unspecified atom stereocenters. The second-order valence-electron chi connectivity index (χ2n) is 4.88. The molecule has 0 aliphatic carbocycles. The van der Waals surface area contributed by atoms with E-state index in [1.54, 1.807) is 0 Å². The van der Waals surface area contributed by atoms with Gasteiger partial charge in [-0.2, -0.15) is 16.7 Å². The van der Waals surface area contributed by atoms with Crippen LogP contribution in [0, 0.1) is 0 Å². The highest BCUT2D eigenvalue weighted by molar-refractivity contribution is 7.99. The van der Waals surface area contributed by atoms with Crippen LogP contribution in [0.3, 0.4) is 0 Å². The number of nitrogens with zero attached hydrogens (tertiary/aromatic N) is 3. The van der Waals surface area contributed by atoms with Crippen molar-refractivity contribution in [1.29, 1.82) is 0 Å². The lowest BCUT2D eigenvalue weighted by atomic mass is 10.1. The van der Waals surface area contributed by atoms with E-state index in [0.29, 0.717) is 12.0 Å². The topological polar surface area (TPSA) is 56.8 Å². The van der Waals surface area contributed by atoms with Gasteiger partial charge in [0.1, 0.15) is 5.82 Å². The number of aromatic nitrogens is 3. The van der Waals surface area contributed by atoms with Crippen molar-refractivity contribution in [2.45, 2.75) is 25.3 Å². The number of nitrogens with one attached hydrogen (secondary N) is 2. The molecule has 2 fully saturated rings. The zero-order valence-electron chi connectivity index (χ0n) is 10.1. The summed E-state index contributed by atoms with van der Waals surface area (Å²) in [7, 11) is 0. The standard InChI is InChI=1S/C11H19N5S/c1-8-6-16(4-3-12-8)11-13-10(14-15-11)9-2-5-17-7-9/h8-9,12H,2-7H2,1H3,(H,13,14,15). The van der Waals surface area contributed by atoms with Crippen molar-refractivity contribution < 1.29 is 0 Å². The van der Waals surface area contributed by atoms with Gasteiger partial charge in [0, 0.05) is 37.3 Å². The summed E-state index contributed by atoms with van der Waals surface area (Å²) in [6.45, 7) is 5.22. The number of aromatic amines is 1. The fourth-order valence-corrected chi connectivity index (χ4v) is 3.68. The van der Waals surface area contributed by atoms with Crippen molar-refractivity contribution >= 4 is 17.7 Å². The normalized spacial score (nSPS) is 29.8. The third-order valence-electron chi connectivity index (χ3n) is 3.46. The maximum Gasteiger partial charge on any atom is 0.244 e. The zero-order chi connectivity index (χ0) is 11.7. The molecular weight excluding hydrogens is 234 g/mol. The fourth-order valence-electron chi connectivity index (χ4n) is 2.45. The predicted molar refractivity (Wildman–Crippen MR) is 70.7 cm³/mol. The lowest BCUT2D eigenvalue weighted by Gasteiger charge is -2.30. The van der Waals surface area contributed by atoms with Gasteiger partial charge in [0.15, 0.2) is 0 Å². The lowest BCUT2D eigenvalue weighted by Crippen LogP contribution is -2.49. The van der Waals surface area contributed by atoms with E-state index in [-0.39, 0.29) is 0 Å². The van der Waals surface area contributed by atoms with E-state index in [1.165, 1.54) is 17.9 Å². The number of piperazine rings is 1. The van der Waals surface area contributed by atoms with Crippen molar-refractivity contribution in [3.8, 4) is 0 Å². The number of rotatable bonds is 2. The van der Waals surface area contributed by atoms with E-state index in [2.05, 4.69) is 32.3 Å². The van der Waals surface area contributed by atoms with Crippen molar-refractivity contribution in [2.75, 3.05) is 36.0 Å². The molecule has 1 aromatic rings. The van der Waals surface area contributed by atoms with Crippen LogP contribution in [-0.2, 0) is 0 Å². The molecule has 17 heavy (non-hydrogen) atoms. The van der Waals surface area contributed by atoms with Crippen LogP contribution in [0.2, 0.25) is 0 Å². The summed E-state index contributed by atoms with van der Waals surface area (Å²) in [6.07, 6.45) is 1.23. The summed E-state index contributed by atoms with van der Waals surface area (Å²) in [5.74, 6) is 4.99. The Kier molecular flexibility index (Phi) is 3.24. The van der Waals surface area contributed by atoms with E-state index in [0.717, 1.165) is 31.4 Å². The van der Waals surface area contributed by atoms with Gasteiger partial charge in [-0.25, -0.2) is 0 Å². The first-order chi connectivity index (χ1) is 8.33. The average molecular weight is 253 g/mol. The van der Waals surface area contributed by atoms with Gasteiger partial charge in [-0.3, -0.25) is 5.10 Å². The molecule has 3 heterocycles. The van der Waals surface area contributed by atoms with Crippen LogP contribution in [0.25, 0.3) is 0 Å². The molecule has 94 valence electrons. The Bertz CT molecular complexity index is 374. The Hall–Kier alpha value is -0.750. The first-order valence-corrected chi connectivity index (χ1v) is 7.47. The third-order valence-corrected chi connectivity index (χ3v) is 4.62. The Morgan fingerprint density at radius 2 is 2.41 bits per heavy atom. The van der Waals surface area contributed by atoms with Gasteiger partial charge in [0.05, 0.1) is 0 Å². The molecule has 6 heteroatoms. The number of thioether (sulfide) groups is 1. The molecule has 0 amide bonds. The van der Waals surface area contributed by atoms with Gasteiger partial charge in [-0.1, -0.05) is 0 Å². The maximum atomic E-state index is 4.67. The number of hydrogen-bond acceptors (Lipinski definition) is 5. The molecule has 0 bridgehead atoms. The molecule has 2 saturated heterocycles.